The summed E-state index contributed by atoms with van der Waals surface area (Å²) in [6.45, 7) is 1.77. The Balaban J connectivity index is 1.92. The molecule has 3 amide bonds. The van der Waals surface area contributed by atoms with Crippen molar-refractivity contribution in [1.82, 2.24) is 10.2 Å². The van der Waals surface area contributed by atoms with Crippen LogP contribution >= 0.6 is 0 Å². The predicted molar refractivity (Wildman–Crippen MR) is 84.0 cm³/mol. The Hall–Kier alpha value is -3.13. The standard InChI is InChI=1S/C18H15N3O2/c1-18(15-9-3-2-4-10-15)16(22)21(17(23)20-18)12-14-8-6-5-7-13(14)11-19/h2-10H,12H2,1H3,(H,20,23)/t18-/m1/s1. The first-order valence-corrected chi connectivity index (χ1v) is 7.24. The van der Waals surface area contributed by atoms with Crippen molar-refractivity contribution < 1.29 is 9.59 Å². The van der Waals surface area contributed by atoms with Gasteiger partial charge in [0.25, 0.3) is 5.91 Å². The lowest BCUT2D eigenvalue weighted by molar-refractivity contribution is -0.131. The van der Waals surface area contributed by atoms with Gasteiger partial charge in [-0.25, -0.2) is 4.79 Å². The van der Waals surface area contributed by atoms with Gasteiger partial charge in [-0.2, -0.15) is 5.26 Å². The van der Waals surface area contributed by atoms with E-state index in [9.17, 15) is 9.59 Å². The Morgan fingerprint density at radius 1 is 1.09 bits per heavy atom. The average molecular weight is 305 g/mol. The maximum absolute atomic E-state index is 12.8. The summed E-state index contributed by atoms with van der Waals surface area (Å²) < 4.78 is 0. The van der Waals surface area contributed by atoms with Crippen molar-refractivity contribution in [2.24, 2.45) is 0 Å². The van der Waals surface area contributed by atoms with Crippen LogP contribution in [0.4, 0.5) is 4.79 Å². The molecule has 0 radical (unpaired) electrons. The van der Waals surface area contributed by atoms with Crippen LogP contribution in [0.2, 0.25) is 0 Å². The third-order valence-electron chi connectivity index (χ3n) is 4.09. The molecular formula is C18H15N3O2. The number of carbonyl (C=O) groups is 2. The molecule has 0 saturated carbocycles. The van der Waals surface area contributed by atoms with Gasteiger partial charge in [0.2, 0.25) is 0 Å². The summed E-state index contributed by atoms with van der Waals surface area (Å²) >= 11 is 0. The number of hydrogen-bond donors (Lipinski definition) is 1. The quantitative estimate of drug-likeness (QED) is 0.886. The molecule has 0 unspecified atom stereocenters. The number of nitriles is 1. The van der Waals surface area contributed by atoms with Crippen LogP contribution < -0.4 is 5.32 Å². The van der Waals surface area contributed by atoms with Gasteiger partial charge in [0.1, 0.15) is 5.54 Å². The summed E-state index contributed by atoms with van der Waals surface area (Å²) in [5.74, 6) is -0.318. The normalized spacial score (nSPS) is 20.3. The zero-order chi connectivity index (χ0) is 16.4. The van der Waals surface area contributed by atoms with Gasteiger partial charge in [-0.15, -0.1) is 0 Å². The molecule has 1 N–H and O–H groups in total. The van der Waals surface area contributed by atoms with Gasteiger partial charge in [-0.05, 0) is 24.1 Å². The van der Waals surface area contributed by atoms with E-state index in [-0.39, 0.29) is 12.5 Å². The Labute approximate surface area is 134 Å². The molecule has 0 aromatic heterocycles. The molecule has 114 valence electrons. The van der Waals surface area contributed by atoms with E-state index in [2.05, 4.69) is 11.4 Å². The van der Waals surface area contributed by atoms with E-state index in [1.54, 1.807) is 31.2 Å². The molecule has 23 heavy (non-hydrogen) atoms. The largest absolute Gasteiger partial charge is 0.325 e. The summed E-state index contributed by atoms with van der Waals surface area (Å²) in [5, 5.41) is 11.9. The third-order valence-corrected chi connectivity index (χ3v) is 4.09. The first-order valence-electron chi connectivity index (χ1n) is 7.24. The fraction of sp³-hybridized carbons (Fsp3) is 0.167. The first-order chi connectivity index (χ1) is 11.1. The molecule has 1 aliphatic rings. The number of urea groups is 1. The van der Waals surface area contributed by atoms with E-state index >= 15 is 0 Å². The summed E-state index contributed by atoms with van der Waals surface area (Å²) in [6.07, 6.45) is 0. The highest BCUT2D eigenvalue weighted by Crippen LogP contribution is 2.29. The monoisotopic (exact) mass is 305 g/mol. The summed E-state index contributed by atoms with van der Waals surface area (Å²) in [7, 11) is 0. The molecule has 3 rings (SSSR count). The first kappa shape index (κ1) is 14.8. The van der Waals surface area contributed by atoms with Crippen LogP contribution in [-0.2, 0) is 16.9 Å². The van der Waals surface area contributed by atoms with Crippen molar-refractivity contribution in [3.63, 3.8) is 0 Å². The second kappa shape index (κ2) is 5.58. The van der Waals surface area contributed by atoms with Crippen LogP contribution in [-0.4, -0.2) is 16.8 Å². The van der Waals surface area contributed by atoms with Gasteiger partial charge in [0.15, 0.2) is 0 Å². The van der Waals surface area contributed by atoms with Gasteiger partial charge in [-0.1, -0.05) is 48.5 Å². The van der Waals surface area contributed by atoms with Crippen LogP contribution in [0.3, 0.4) is 0 Å². The highest BCUT2D eigenvalue weighted by atomic mass is 16.2. The number of nitrogens with one attached hydrogen (secondary N) is 1. The highest BCUT2D eigenvalue weighted by molar-refractivity contribution is 6.07. The summed E-state index contributed by atoms with van der Waals surface area (Å²) in [6, 6.07) is 17.7. The number of amides is 3. The number of benzene rings is 2. The van der Waals surface area contributed by atoms with Crippen LogP contribution in [0.5, 0.6) is 0 Å². The van der Waals surface area contributed by atoms with E-state index in [1.165, 1.54) is 0 Å². The van der Waals surface area contributed by atoms with Crippen molar-refractivity contribution >= 4 is 11.9 Å². The second-order valence-corrected chi connectivity index (χ2v) is 5.58. The van der Waals surface area contributed by atoms with Crippen LogP contribution in [0.25, 0.3) is 0 Å². The SMILES string of the molecule is C[C@]1(c2ccccc2)NC(=O)N(Cc2ccccc2C#N)C1=O. The van der Waals surface area contributed by atoms with Crippen molar-refractivity contribution in [3.8, 4) is 6.07 Å². The Bertz CT molecular complexity index is 811. The Morgan fingerprint density at radius 2 is 1.74 bits per heavy atom. The molecule has 2 aromatic rings. The van der Waals surface area contributed by atoms with Gasteiger partial charge in [-0.3, -0.25) is 9.69 Å². The van der Waals surface area contributed by atoms with Gasteiger partial charge in [0.05, 0.1) is 18.2 Å². The van der Waals surface area contributed by atoms with E-state index in [1.807, 2.05) is 30.3 Å². The minimum atomic E-state index is -1.08. The van der Waals surface area contributed by atoms with E-state index < -0.39 is 11.6 Å². The van der Waals surface area contributed by atoms with Gasteiger partial charge in [0, 0.05) is 0 Å². The smallest absolute Gasteiger partial charge is 0.319 e. The van der Waals surface area contributed by atoms with E-state index in [4.69, 9.17) is 5.26 Å². The molecule has 0 spiro atoms. The number of imide groups is 1. The molecule has 1 heterocycles. The topological polar surface area (TPSA) is 73.2 Å². The molecule has 1 saturated heterocycles. The number of carbonyl (C=O) groups excluding carboxylic acids is 2. The molecule has 1 atom stereocenters. The predicted octanol–water partition coefficient (Wildman–Crippen LogP) is 2.53. The molecule has 0 aliphatic carbocycles. The zero-order valence-corrected chi connectivity index (χ0v) is 12.6. The second-order valence-electron chi connectivity index (χ2n) is 5.58. The molecule has 2 aromatic carbocycles. The van der Waals surface area contributed by atoms with Crippen molar-refractivity contribution in [2.75, 3.05) is 0 Å². The Kier molecular flexibility index (Phi) is 3.59. The van der Waals surface area contributed by atoms with Gasteiger partial charge >= 0.3 is 6.03 Å². The fourth-order valence-electron chi connectivity index (χ4n) is 2.75. The van der Waals surface area contributed by atoms with E-state index in [0.29, 0.717) is 11.1 Å². The lowest BCUT2D eigenvalue weighted by Gasteiger charge is -2.22. The maximum atomic E-state index is 12.8. The fourth-order valence-corrected chi connectivity index (χ4v) is 2.75. The molecule has 0 bridgehead atoms. The van der Waals surface area contributed by atoms with Crippen molar-refractivity contribution in [1.29, 1.82) is 5.26 Å². The molecule has 1 aliphatic heterocycles. The molecule has 5 heteroatoms. The lowest BCUT2D eigenvalue weighted by atomic mass is 9.92. The highest BCUT2D eigenvalue weighted by Gasteiger charge is 2.48. The summed E-state index contributed by atoms with van der Waals surface area (Å²) in [4.78, 5) is 26.2. The molecular weight excluding hydrogens is 290 g/mol. The molecule has 5 nitrogen and oxygen atoms in total. The van der Waals surface area contributed by atoms with Crippen molar-refractivity contribution in [2.45, 2.75) is 19.0 Å². The molecule has 1 fully saturated rings. The lowest BCUT2D eigenvalue weighted by Crippen LogP contribution is -2.40. The summed E-state index contributed by atoms with van der Waals surface area (Å²) in [5.41, 5.74) is 0.756. The van der Waals surface area contributed by atoms with E-state index in [0.717, 1.165) is 10.5 Å². The van der Waals surface area contributed by atoms with Crippen LogP contribution in [0.1, 0.15) is 23.6 Å². The third kappa shape index (κ3) is 2.44. The minimum absolute atomic E-state index is 0.0802. The maximum Gasteiger partial charge on any atom is 0.325 e. The van der Waals surface area contributed by atoms with Crippen molar-refractivity contribution in [3.05, 3.63) is 71.3 Å². The minimum Gasteiger partial charge on any atom is -0.319 e. The average Bonchev–Trinajstić information content (AvgIpc) is 2.80. The van der Waals surface area contributed by atoms with Crippen LogP contribution in [0.15, 0.2) is 54.6 Å². The van der Waals surface area contributed by atoms with Crippen LogP contribution in [0, 0.1) is 11.3 Å². The number of nitrogens with zero attached hydrogens (tertiary/aromatic N) is 2. The number of hydrogen-bond acceptors (Lipinski definition) is 3. The van der Waals surface area contributed by atoms with Gasteiger partial charge < -0.3 is 5.32 Å². The Morgan fingerprint density at radius 3 is 2.43 bits per heavy atom. The number of rotatable bonds is 3. The zero-order valence-electron chi connectivity index (χ0n) is 12.6.